The fourth-order valence-electron chi connectivity index (χ4n) is 2.20. The van der Waals surface area contributed by atoms with Crippen molar-refractivity contribution < 1.29 is 14.7 Å². The predicted octanol–water partition coefficient (Wildman–Crippen LogP) is 1.40. The minimum Gasteiger partial charge on any atom is -0.507 e. The molecule has 1 aliphatic rings. The summed E-state index contributed by atoms with van der Waals surface area (Å²) in [5, 5.41) is 12.9. The quantitative estimate of drug-likeness (QED) is 0.861. The van der Waals surface area contributed by atoms with E-state index < -0.39 is 6.04 Å². The van der Waals surface area contributed by atoms with Crippen LogP contribution >= 0.6 is 11.6 Å². The van der Waals surface area contributed by atoms with Crippen molar-refractivity contribution in [2.75, 3.05) is 13.1 Å². The van der Waals surface area contributed by atoms with Crippen LogP contribution in [0, 0.1) is 0 Å². The molecule has 5 nitrogen and oxygen atoms in total. The standard InChI is InChI=1S/C13H15ClN2O3/c1-2-10-12(18)15-5-6-16(10)13(19)9-4-3-8(14)7-11(9)17/h3-4,7,10,17H,2,5-6H2,1H3,(H,15,18). The average molecular weight is 283 g/mol. The van der Waals surface area contributed by atoms with Gasteiger partial charge in [-0.2, -0.15) is 0 Å². The monoisotopic (exact) mass is 282 g/mol. The molecule has 19 heavy (non-hydrogen) atoms. The minimum absolute atomic E-state index is 0.157. The predicted molar refractivity (Wildman–Crippen MR) is 71.2 cm³/mol. The number of rotatable bonds is 2. The SMILES string of the molecule is CCC1C(=O)NCCN1C(=O)c1ccc(Cl)cc1O. The first-order valence-corrected chi connectivity index (χ1v) is 6.49. The first-order valence-electron chi connectivity index (χ1n) is 6.11. The minimum atomic E-state index is -0.490. The first kappa shape index (κ1) is 13.7. The molecule has 1 aliphatic heterocycles. The van der Waals surface area contributed by atoms with Crippen molar-refractivity contribution >= 4 is 23.4 Å². The van der Waals surface area contributed by atoms with Crippen molar-refractivity contribution in [2.24, 2.45) is 0 Å². The second-order valence-corrected chi connectivity index (χ2v) is 4.81. The van der Waals surface area contributed by atoms with Gasteiger partial charge in [0.15, 0.2) is 0 Å². The Hall–Kier alpha value is -1.75. The number of carbonyl (C=O) groups excluding carboxylic acids is 2. The van der Waals surface area contributed by atoms with Gasteiger partial charge in [-0.15, -0.1) is 0 Å². The Morgan fingerprint density at radius 3 is 2.95 bits per heavy atom. The van der Waals surface area contributed by atoms with Gasteiger partial charge in [-0.05, 0) is 24.6 Å². The number of carbonyl (C=O) groups is 2. The third kappa shape index (κ3) is 2.66. The van der Waals surface area contributed by atoms with Crippen LogP contribution in [-0.2, 0) is 4.79 Å². The van der Waals surface area contributed by atoms with Gasteiger partial charge in [-0.3, -0.25) is 9.59 Å². The van der Waals surface area contributed by atoms with Crippen molar-refractivity contribution in [3.8, 4) is 5.75 Å². The molecular weight excluding hydrogens is 268 g/mol. The van der Waals surface area contributed by atoms with E-state index in [0.717, 1.165) is 0 Å². The molecule has 2 amide bonds. The van der Waals surface area contributed by atoms with Crippen molar-refractivity contribution in [3.05, 3.63) is 28.8 Å². The lowest BCUT2D eigenvalue weighted by Gasteiger charge is -2.34. The third-order valence-corrected chi connectivity index (χ3v) is 3.40. The highest BCUT2D eigenvalue weighted by atomic mass is 35.5. The van der Waals surface area contributed by atoms with Crippen molar-refractivity contribution in [3.63, 3.8) is 0 Å². The summed E-state index contributed by atoms with van der Waals surface area (Å²) in [6, 6.07) is 3.84. The lowest BCUT2D eigenvalue weighted by Crippen LogP contribution is -2.56. The summed E-state index contributed by atoms with van der Waals surface area (Å²) in [6.07, 6.45) is 0.534. The van der Waals surface area contributed by atoms with Crippen LogP contribution in [0.15, 0.2) is 18.2 Å². The number of nitrogens with one attached hydrogen (secondary N) is 1. The molecule has 2 rings (SSSR count). The number of nitrogens with zero attached hydrogens (tertiary/aromatic N) is 1. The fraction of sp³-hybridized carbons (Fsp3) is 0.385. The van der Waals surface area contributed by atoms with E-state index in [2.05, 4.69) is 5.32 Å². The third-order valence-electron chi connectivity index (χ3n) is 3.17. The molecule has 0 aromatic heterocycles. The number of phenols is 1. The number of halogens is 1. The van der Waals surface area contributed by atoms with Crippen LogP contribution in [0.4, 0.5) is 0 Å². The van der Waals surface area contributed by atoms with Gasteiger partial charge in [0.25, 0.3) is 5.91 Å². The van der Waals surface area contributed by atoms with Crippen LogP contribution in [0.1, 0.15) is 23.7 Å². The molecule has 1 fully saturated rings. The summed E-state index contributed by atoms with van der Waals surface area (Å²) in [7, 11) is 0. The van der Waals surface area contributed by atoms with E-state index in [1.165, 1.54) is 17.0 Å². The number of amides is 2. The van der Waals surface area contributed by atoms with Gasteiger partial charge >= 0.3 is 0 Å². The molecule has 0 aliphatic carbocycles. The highest BCUT2D eigenvalue weighted by Gasteiger charge is 2.32. The molecule has 102 valence electrons. The Bertz CT molecular complexity index is 519. The summed E-state index contributed by atoms with van der Waals surface area (Å²) in [5.41, 5.74) is 0.164. The van der Waals surface area contributed by atoms with E-state index in [4.69, 9.17) is 11.6 Å². The highest BCUT2D eigenvalue weighted by molar-refractivity contribution is 6.30. The molecule has 6 heteroatoms. The Morgan fingerprint density at radius 1 is 1.58 bits per heavy atom. The van der Waals surface area contributed by atoms with Gasteiger partial charge in [-0.1, -0.05) is 18.5 Å². The Morgan fingerprint density at radius 2 is 2.32 bits per heavy atom. The summed E-state index contributed by atoms with van der Waals surface area (Å²) < 4.78 is 0. The second kappa shape index (κ2) is 5.48. The molecule has 0 spiro atoms. The molecule has 1 aromatic rings. The van der Waals surface area contributed by atoms with Gasteiger partial charge in [0.1, 0.15) is 11.8 Å². The largest absolute Gasteiger partial charge is 0.507 e. The number of piperazine rings is 1. The lowest BCUT2D eigenvalue weighted by atomic mass is 10.1. The second-order valence-electron chi connectivity index (χ2n) is 4.38. The van der Waals surface area contributed by atoms with Gasteiger partial charge in [-0.25, -0.2) is 0 Å². The van der Waals surface area contributed by atoms with Gasteiger partial charge in [0.05, 0.1) is 5.56 Å². The van der Waals surface area contributed by atoms with Crippen molar-refractivity contribution in [2.45, 2.75) is 19.4 Å². The Kier molecular flexibility index (Phi) is 3.95. The Labute approximate surface area is 116 Å². The number of benzene rings is 1. The van der Waals surface area contributed by atoms with E-state index in [0.29, 0.717) is 24.5 Å². The molecule has 1 saturated heterocycles. The maximum absolute atomic E-state index is 12.4. The maximum atomic E-state index is 12.4. The summed E-state index contributed by atoms with van der Waals surface area (Å²) in [6.45, 7) is 2.71. The topological polar surface area (TPSA) is 69.6 Å². The van der Waals surface area contributed by atoms with Crippen LogP contribution in [0.3, 0.4) is 0 Å². The average Bonchev–Trinajstić information content (AvgIpc) is 2.37. The van der Waals surface area contributed by atoms with Gasteiger partial charge < -0.3 is 15.3 Å². The molecule has 1 aromatic carbocycles. The molecule has 1 unspecified atom stereocenters. The molecule has 0 radical (unpaired) electrons. The lowest BCUT2D eigenvalue weighted by molar-refractivity contribution is -0.127. The molecule has 0 bridgehead atoms. The highest BCUT2D eigenvalue weighted by Crippen LogP contribution is 2.24. The van der Waals surface area contributed by atoms with Gasteiger partial charge in [0.2, 0.25) is 5.91 Å². The van der Waals surface area contributed by atoms with E-state index in [1.54, 1.807) is 6.07 Å². The number of aromatic hydroxyl groups is 1. The number of phenolic OH excluding ortho intramolecular Hbond substituents is 1. The van der Waals surface area contributed by atoms with Crippen molar-refractivity contribution in [1.29, 1.82) is 0 Å². The van der Waals surface area contributed by atoms with Crippen LogP contribution in [0.2, 0.25) is 5.02 Å². The summed E-state index contributed by atoms with van der Waals surface area (Å²) in [5.74, 6) is -0.676. The smallest absolute Gasteiger partial charge is 0.258 e. The summed E-state index contributed by atoms with van der Waals surface area (Å²) in [4.78, 5) is 25.6. The van der Waals surface area contributed by atoms with E-state index in [-0.39, 0.29) is 23.1 Å². The normalized spacial score (nSPS) is 19.2. The first-order chi connectivity index (χ1) is 9.04. The van der Waals surface area contributed by atoms with Crippen LogP contribution < -0.4 is 5.32 Å². The van der Waals surface area contributed by atoms with E-state index >= 15 is 0 Å². The maximum Gasteiger partial charge on any atom is 0.258 e. The fourth-order valence-corrected chi connectivity index (χ4v) is 2.37. The van der Waals surface area contributed by atoms with Crippen molar-refractivity contribution in [1.82, 2.24) is 10.2 Å². The van der Waals surface area contributed by atoms with Crippen LogP contribution in [-0.4, -0.2) is 41.0 Å². The number of hydrogen-bond donors (Lipinski definition) is 2. The zero-order valence-corrected chi connectivity index (χ0v) is 11.3. The Balaban J connectivity index is 2.29. The van der Waals surface area contributed by atoms with Crippen LogP contribution in [0.5, 0.6) is 5.75 Å². The molecule has 0 saturated carbocycles. The van der Waals surface area contributed by atoms with Crippen LogP contribution in [0.25, 0.3) is 0 Å². The zero-order chi connectivity index (χ0) is 14.0. The van der Waals surface area contributed by atoms with Gasteiger partial charge in [0, 0.05) is 18.1 Å². The molecular formula is C13H15ClN2O3. The molecule has 2 N–H and O–H groups in total. The zero-order valence-electron chi connectivity index (χ0n) is 10.5. The number of hydrogen-bond acceptors (Lipinski definition) is 3. The summed E-state index contributed by atoms with van der Waals surface area (Å²) >= 11 is 5.74. The van der Waals surface area contributed by atoms with E-state index in [1.807, 2.05) is 6.92 Å². The molecule has 1 atom stereocenters. The molecule has 1 heterocycles. The van der Waals surface area contributed by atoms with E-state index in [9.17, 15) is 14.7 Å².